The summed E-state index contributed by atoms with van der Waals surface area (Å²) in [6.45, 7) is 0.417. The summed E-state index contributed by atoms with van der Waals surface area (Å²) in [5.41, 5.74) is 3.15. The Hall–Kier alpha value is -3.55. The molecule has 0 spiro atoms. The van der Waals surface area contributed by atoms with Crippen molar-refractivity contribution in [2.75, 3.05) is 31.7 Å². The number of ether oxygens (including phenoxy) is 3. The summed E-state index contributed by atoms with van der Waals surface area (Å²) in [5, 5.41) is 2.38. The van der Waals surface area contributed by atoms with Gasteiger partial charge in [0.2, 0.25) is 0 Å². The second-order valence-corrected chi connectivity index (χ2v) is 8.65. The van der Waals surface area contributed by atoms with Crippen molar-refractivity contribution in [3.05, 3.63) is 53.4 Å². The maximum atomic E-state index is 15.0. The Bertz CT molecular complexity index is 1210. The number of amidine groups is 1. The zero-order chi connectivity index (χ0) is 26.3. The van der Waals surface area contributed by atoms with Gasteiger partial charge in [-0.3, -0.25) is 4.79 Å². The van der Waals surface area contributed by atoms with Crippen LogP contribution in [0, 0.1) is 17.0 Å². The van der Waals surface area contributed by atoms with Gasteiger partial charge in [-0.15, -0.1) is 0 Å². The van der Waals surface area contributed by atoms with E-state index in [9.17, 15) is 31.1 Å². The number of nitrogens with one attached hydrogen (secondary N) is 1. The minimum Gasteiger partial charge on any atom is -0.485 e. The lowest BCUT2D eigenvalue weighted by Crippen LogP contribution is -2.50. The SMILES string of the molecule is C[C@@]12COC[C@]1(c1cc(NC(=O)c3ncc(OCC(F)(F)C(F)F)cc3F)ccc1F)N=C(N)OC2. The van der Waals surface area contributed by atoms with Crippen LogP contribution in [0.5, 0.6) is 5.75 Å². The molecular weight excluding hydrogens is 498 g/mol. The van der Waals surface area contributed by atoms with Gasteiger partial charge in [-0.05, 0) is 18.2 Å². The third kappa shape index (κ3) is 4.52. The number of aromatic nitrogens is 1. The molecule has 14 heteroatoms. The van der Waals surface area contributed by atoms with E-state index < -0.39 is 58.9 Å². The van der Waals surface area contributed by atoms with Gasteiger partial charge >= 0.3 is 12.3 Å². The number of halogens is 6. The first kappa shape index (κ1) is 25.5. The first-order valence-corrected chi connectivity index (χ1v) is 10.5. The third-order valence-electron chi connectivity index (χ3n) is 6.02. The summed E-state index contributed by atoms with van der Waals surface area (Å²) in [6, 6.07) is 4.04. The van der Waals surface area contributed by atoms with Gasteiger partial charge in [-0.2, -0.15) is 8.78 Å². The summed E-state index contributed by atoms with van der Waals surface area (Å²) in [4.78, 5) is 20.5. The van der Waals surface area contributed by atoms with E-state index in [-0.39, 0.29) is 37.1 Å². The Balaban J connectivity index is 1.55. The summed E-state index contributed by atoms with van der Waals surface area (Å²) in [7, 11) is 0. The van der Waals surface area contributed by atoms with E-state index in [2.05, 4.69) is 20.0 Å². The fraction of sp³-hybridized carbons (Fsp3) is 0.409. The highest BCUT2D eigenvalue weighted by atomic mass is 19.3. The van der Waals surface area contributed by atoms with Crippen LogP contribution in [0.15, 0.2) is 35.5 Å². The molecular formula is C22H20F6N4O4. The number of carbonyl (C=O) groups excluding carboxylic acids is 1. The second kappa shape index (κ2) is 9.15. The minimum absolute atomic E-state index is 0.00410. The predicted molar refractivity (Wildman–Crippen MR) is 113 cm³/mol. The molecule has 1 fully saturated rings. The van der Waals surface area contributed by atoms with Gasteiger partial charge in [-0.25, -0.2) is 27.5 Å². The van der Waals surface area contributed by atoms with Crippen molar-refractivity contribution in [2.24, 2.45) is 16.1 Å². The molecule has 0 aliphatic carbocycles. The van der Waals surface area contributed by atoms with Crippen LogP contribution in [-0.2, 0) is 15.0 Å². The Morgan fingerprint density at radius 2 is 1.97 bits per heavy atom. The Morgan fingerprint density at radius 3 is 2.67 bits per heavy atom. The van der Waals surface area contributed by atoms with Crippen molar-refractivity contribution in [3.63, 3.8) is 0 Å². The molecule has 2 aromatic rings. The Labute approximate surface area is 200 Å². The molecule has 0 bridgehead atoms. The zero-order valence-corrected chi connectivity index (χ0v) is 18.7. The van der Waals surface area contributed by atoms with Gasteiger partial charge in [0.25, 0.3) is 11.9 Å². The lowest BCUT2D eigenvalue weighted by molar-refractivity contribution is -0.148. The number of hydrogen-bond donors (Lipinski definition) is 2. The lowest BCUT2D eigenvalue weighted by atomic mass is 9.69. The van der Waals surface area contributed by atoms with Crippen LogP contribution in [-0.4, -0.2) is 55.7 Å². The molecule has 4 rings (SSSR count). The number of nitrogens with zero attached hydrogens (tertiary/aromatic N) is 2. The number of fused-ring (bicyclic) bond motifs is 1. The first-order valence-electron chi connectivity index (χ1n) is 10.5. The van der Waals surface area contributed by atoms with Crippen molar-refractivity contribution >= 4 is 17.6 Å². The van der Waals surface area contributed by atoms with Crippen LogP contribution in [0.3, 0.4) is 0 Å². The number of amides is 1. The molecule has 36 heavy (non-hydrogen) atoms. The standard InChI is InChI=1S/C22H20F6N4O4/c1-20-7-34-9-21(20,32-19(29)36-8-20)13-4-11(2-3-14(13)23)31-17(33)16-15(24)5-12(6-30-16)35-10-22(27,28)18(25)26/h2-6,18H,7-10H2,1H3,(H2,29,32)(H,31,33)/t20-,21+/m0/s1. The minimum atomic E-state index is -4.45. The molecule has 1 amide bonds. The molecule has 1 aromatic carbocycles. The van der Waals surface area contributed by atoms with Crippen LogP contribution < -0.4 is 15.8 Å². The molecule has 1 aromatic heterocycles. The maximum absolute atomic E-state index is 15.0. The number of nitrogens with two attached hydrogens (primary N) is 1. The normalized spacial score (nSPS) is 23.6. The number of pyridine rings is 1. The van der Waals surface area contributed by atoms with Crippen LogP contribution in [0.1, 0.15) is 23.0 Å². The van der Waals surface area contributed by atoms with E-state index in [1.54, 1.807) is 6.92 Å². The van der Waals surface area contributed by atoms with Gasteiger partial charge in [0.1, 0.15) is 23.7 Å². The second-order valence-electron chi connectivity index (χ2n) is 8.65. The van der Waals surface area contributed by atoms with Crippen LogP contribution >= 0.6 is 0 Å². The summed E-state index contributed by atoms with van der Waals surface area (Å²) >= 11 is 0. The first-order chi connectivity index (χ1) is 16.9. The molecule has 0 unspecified atom stereocenters. The molecule has 194 valence electrons. The smallest absolute Gasteiger partial charge is 0.340 e. The van der Waals surface area contributed by atoms with Crippen molar-refractivity contribution < 1.29 is 45.3 Å². The molecule has 3 heterocycles. The highest BCUT2D eigenvalue weighted by Gasteiger charge is 2.58. The monoisotopic (exact) mass is 518 g/mol. The van der Waals surface area contributed by atoms with Gasteiger partial charge in [-0.1, -0.05) is 6.92 Å². The summed E-state index contributed by atoms with van der Waals surface area (Å²) in [5.74, 6) is -7.98. The van der Waals surface area contributed by atoms with E-state index in [0.717, 1.165) is 12.3 Å². The molecule has 3 N–H and O–H groups in total. The summed E-state index contributed by atoms with van der Waals surface area (Å²) in [6.07, 6.45) is -3.24. The quantitative estimate of drug-likeness (QED) is 0.544. The fourth-order valence-electron chi connectivity index (χ4n) is 3.98. The largest absolute Gasteiger partial charge is 0.485 e. The lowest BCUT2D eigenvalue weighted by Gasteiger charge is -2.42. The summed E-state index contributed by atoms with van der Waals surface area (Å²) < 4.78 is 95.2. The van der Waals surface area contributed by atoms with E-state index in [0.29, 0.717) is 6.07 Å². The number of benzene rings is 1. The maximum Gasteiger partial charge on any atom is 0.340 e. The number of rotatable bonds is 7. The highest BCUT2D eigenvalue weighted by molar-refractivity contribution is 6.03. The van der Waals surface area contributed by atoms with Gasteiger partial charge < -0.3 is 25.3 Å². The predicted octanol–water partition coefficient (Wildman–Crippen LogP) is 3.47. The van der Waals surface area contributed by atoms with Crippen molar-refractivity contribution in [2.45, 2.75) is 24.8 Å². The van der Waals surface area contributed by atoms with Crippen LogP contribution in [0.25, 0.3) is 0 Å². The van der Waals surface area contributed by atoms with E-state index >= 15 is 0 Å². The fourth-order valence-corrected chi connectivity index (χ4v) is 3.98. The number of carbonyl (C=O) groups is 1. The average Bonchev–Trinajstić information content (AvgIpc) is 3.16. The zero-order valence-electron chi connectivity index (χ0n) is 18.7. The Morgan fingerprint density at radius 1 is 1.22 bits per heavy atom. The van der Waals surface area contributed by atoms with Gasteiger partial charge in [0, 0.05) is 17.3 Å². The number of aliphatic imine (C=N–C) groups is 1. The Kier molecular flexibility index (Phi) is 6.49. The highest BCUT2D eigenvalue weighted by Crippen LogP contribution is 2.51. The molecule has 0 radical (unpaired) electrons. The van der Waals surface area contributed by atoms with Crippen LogP contribution in [0.2, 0.25) is 0 Å². The van der Waals surface area contributed by atoms with Crippen molar-refractivity contribution in [1.82, 2.24) is 4.98 Å². The molecule has 2 aliphatic rings. The number of hydrogen-bond acceptors (Lipinski definition) is 7. The molecule has 2 atom stereocenters. The molecule has 8 nitrogen and oxygen atoms in total. The van der Waals surface area contributed by atoms with Crippen LogP contribution in [0.4, 0.5) is 32.0 Å². The van der Waals surface area contributed by atoms with E-state index in [4.69, 9.17) is 15.2 Å². The van der Waals surface area contributed by atoms with Gasteiger partial charge in [0.15, 0.2) is 18.1 Å². The average molecular weight is 518 g/mol. The number of alkyl halides is 4. The van der Waals surface area contributed by atoms with Crippen molar-refractivity contribution in [3.8, 4) is 5.75 Å². The number of anilines is 1. The van der Waals surface area contributed by atoms with Crippen molar-refractivity contribution in [1.29, 1.82) is 0 Å². The van der Waals surface area contributed by atoms with E-state index in [1.165, 1.54) is 12.1 Å². The topological polar surface area (TPSA) is 108 Å². The molecule has 0 saturated carbocycles. The van der Waals surface area contributed by atoms with E-state index in [1.807, 2.05) is 0 Å². The molecule has 2 aliphatic heterocycles. The molecule has 1 saturated heterocycles. The third-order valence-corrected chi connectivity index (χ3v) is 6.02. The van der Waals surface area contributed by atoms with Gasteiger partial charge in [0.05, 0.1) is 24.8 Å².